The highest BCUT2D eigenvalue weighted by Gasteiger charge is 2.29. The third-order valence-electron chi connectivity index (χ3n) is 5.23. The summed E-state index contributed by atoms with van der Waals surface area (Å²) in [6, 6.07) is 16.3. The van der Waals surface area contributed by atoms with Crippen LogP contribution < -0.4 is 10.1 Å². The Bertz CT molecular complexity index is 1120. The first kappa shape index (κ1) is 20.2. The lowest BCUT2D eigenvalue weighted by Gasteiger charge is -2.08. The highest BCUT2D eigenvalue weighted by atomic mass is 32.1. The number of nitrogens with zero attached hydrogens (tertiary/aromatic N) is 2. The molecular formula is C24H25N3O2S. The molecule has 2 heterocycles. The summed E-state index contributed by atoms with van der Waals surface area (Å²) in [4.78, 5) is 14.1. The van der Waals surface area contributed by atoms with Gasteiger partial charge in [-0.3, -0.25) is 9.69 Å². The topological polar surface area (TPSA) is 46.5 Å². The molecule has 0 aliphatic carbocycles. The predicted octanol–water partition coefficient (Wildman–Crippen LogP) is 4.50. The zero-order valence-electron chi connectivity index (χ0n) is 17.2. The standard InChI is InChI=1S/C24H25N3O2S/c1-3-27-23(28)21(25-24(27)30)15-18-16-26(22-8-5-4-7-20(18)22)13-6-14-29-19-11-9-17(2)10-12-19/h4-5,7-12,15-16H,3,6,13-14H2,1-2H3,(H,25,30)/b21-15+. The fourth-order valence-electron chi connectivity index (χ4n) is 3.65. The first-order valence-electron chi connectivity index (χ1n) is 10.2. The highest BCUT2D eigenvalue weighted by molar-refractivity contribution is 7.80. The van der Waals surface area contributed by atoms with Gasteiger partial charge in [0.15, 0.2) is 5.11 Å². The van der Waals surface area contributed by atoms with Crippen molar-refractivity contribution in [3.63, 3.8) is 0 Å². The molecule has 1 saturated heterocycles. The van der Waals surface area contributed by atoms with Crippen LogP contribution in [0, 0.1) is 6.92 Å². The van der Waals surface area contributed by atoms with Gasteiger partial charge < -0.3 is 14.6 Å². The molecule has 1 amide bonds. The number of fused-ring (bicyclic) bond motifs is 1. The summed E-state index contributed by atoms with van der Waals surface area (Å²) in [5.74, 6) is 0.816. The highest BCUT2D eigenvalue weighted by Crippen LogP contribution is 2.25. The molecule has 1 N–H and O–H groups in total. The number of nitrogens with one attached hydrogen (secondary N) is 1. The lowest BCUT2D eigenvalue weighted by Crippen LogP contribution is -2.30. The summed E-state index contributed by atoms with van der Waals surface area (Å²) < 4.78 is 8.08. The number of aromatic nitrogens is 1. The summed E-state index contributed by atoms with van der Waals surface area (Å²) >= 11 is 5.26. The zero-order valence-corrected chi connectivity index (χ0v) is 18.0. The van der Waals surface area contributed by atoms with Crippen LogP contribution in [0.3, 0.4) is 0 Å². The van der Waals surface area contributed by atoms with Crippen molar-refractivity contribution < 1.29 is 9.53 Å². The second-order valence-electron chi connectivity index (χ2n) is 7.35. The van der Waals surface area contributed by atoms with Crippen LogP contribution in [0.25, 0.3) is 17.0 Å². The molecule has 4 rings (SSSR count). The van der Waals surface area contributed by atoms with Gasteiger partial charge in [0.1, 0.15) is 11.4 Å². The first-order valence-corrected chi connectivity index (χ1v) is 10.6. The molecule has 0 saturated carbocycles. The number of benzene rings is 2. The lowest BCUT2D eigenvalue weighted by molar-refractivity contribution is -0.122. The normalized spacial score (nSPS) is 15.3. The van der Waals surface area contributed by atoms with Gasteiger partial charge in [-0.15, -0.1) is 0 Å². The molecule has 0 bridgehead atoms. The Morgan fingerprint density at radius 3 is 2.63 bits per heavy atom. The Hall–Kier alpha value is -3.12. The second-order valence-corrected chi connectivity index (χ2v) is 7.73. The number of carbonyl (C=O) groups is 1. The van der Waals surface area contributed by atoms with Crippen LogP contribution in [-0.2, 0) is 11.3 Å². The Balaban J connectivity index is 1.50. The Kier molecular flexibility index (Phi) is 5.86. The number of rotatable bonds is 7. The Morgan fingerprint density at radius 1 is 1.13 bits per heavy atom. The van der Waals surface area contributed by atoms with Crippen molar-refractivity contribution in [1.29, 1.82) is 0 Å². The van der Waals surface area contributed by atoms with E-state index in [1.54, 1.807) is 4.90 Å². The largest absolute Gasteiger partial charge is 0.494 e. The molecule has 1 aliphatic heterocycles. The van der Waals surface area contributed by atoms with Crippen molar-refractivity contribution in [2.75, 3.05) is 13.2 Å². The van der Waals surface area contributed by atoms with Crippen molar-refractivity contribution in [2.24, 2.45) is 0 Å². The third kappa shape index (κ3) is 4.09. The van der Waals surface area contributed by atoms with E-state index >= 15 is 0 Å². The smallest absolute Gasteiger partial charge is 0.276 e. The molecule has 0 atom stereocenters. The van der Waals surface area contributed by atoms with Crippen molar-refractivity contribution in [2.45, 2.75) is 26.8 Å². The average Bonchev–Trinajstić information content (AvgIpc) is 3.23. The minimum atomic E-state index is -0.0779. The molecule has 5 nitrogen and oxygen atoms in total. The quantitative estimate of drug-likeness (QED) is 0.348. The van der Waals surface area contributed by atoms with E-state index in [2.05, 4.69) is 47.3 Å². The maximum atomic E-state index is 12.5. The molecule has 1 fully saturated rings. The average molecular weight is 420 g/mol. The molecule has 6 heteroatoms. The number of para-hydroxylation sites is 1. The van der Waals surface area contributed by atoms with Gasteiger partial charge in [0, 0.05) is 35.8 Å². The number of carbonyl (C=O) groups excluding carboxylic acids is 1. The predicted molar refractivity (Wildman–Crippen MR) is 124 cm³/mol. The fraction of sp³-hybridized carbons (Fsp3) is 0.250. The van der Waals surface area contributed by atoms with Gasteiger partial charge in [-0.2, -0.15) is 0 Å². The first-order chi connectivity index (χ1) is 14.6. The minimum absolute atomic E-state index is 0.0779. The second kappa shape index (κ2) is 8.71. The monoisotopic (exact) mass is 419 g/mol. The number of ether oxygens (including phenoxy) is 1. The number of aryl methyl sites for hydroxylation is 2. The molecule has 30 heavy (non-hydrogen) atoms. The molecule has 154 valence electrons. The van der Waals surface area contributed by atoms with Gasteiger partial charge in [0.25, 0.3) is 5.91 Å². The summed E-state index contributed by atoms with van der Waals surface area (Å²) in [5, 5.41) is 4.62. The fourth-order valence-corrected chi connectivity index (χ4v) is 3.97. The molecule has 1 aliphatic rings. The van der Waals surface area contributed by atoms with E-state index in [-0.39, 0.29) is 5.91 Å². The molecule has 0 unspecified atom stereocenters. The molecule has 1 aromatic heterocycles. The third-order valence-corrected chi connectivity index (χ3v) is 5.55. The molecule has 0 radical (unpaired) electrons. The van der Waals surface area contributed by atoms with Gasteiger partial charge >= 0.3 is 0 Å². The zero-order chi connectivity index (χ0) is 21.1. The van der Waals surface area contributed by atoms with Crippen molar-refractivity contribution in [3.05, 3.63) is 71.6 Å². The summed E-state index contributed by atoms with van der Waals surface area (Å²) in [6.07, 6.45) is 4.87. The molecule has 3 aromatic rings. The number of hydrogen-bond donors (Lipinski definition) is 1. The van der Waals surface area contributed by atoms with E-state index in [1.807, 2.05) is 37.3 Å². The van der Waals surface area contributed by atoms with Gasteiger partial charge in [-0.25, -0.2) is 0 Å². The number of likely N-dealkylation sites (N-methyl/N-ethyl adjacent to an activating group) is 1. The van der Waals surface area contributed by atoms with Crippen LogP contribution in [0.2, 0.25) is 0 Å². The maximum absolute atomic E-state index is 12.5. The van der Waals surface area contributed by atoms with E-state index < -0.39 is 0 Å². The molecule has 2 aromatic carbocycles. The Labute approximate surface area is 181 Å². The van der Waals surface area contributed by atoms with Crippen LogP contribution in [-0.4, -0.2) is 33.6 Å². The van der Waals surface area contributed by atoms with E-state index in [1.165, 1.54) is 5.56 Å². The van der Waals surface area contributed by atoms with E-state index in [0.29, 0.717) is 24.0 Å². The van der Waals surface area contributed by atoms with Crippen LogP contribution in [0.1, 0.15) is 24.5 Å². The van der Waals surface area contributed by atoms with Crippen LogP contribution >= 0.6 is 12.2 Å². The van der Waals surface area contributed by atoms with Crippen molar-refractivity contribution in [3.8, 4) is 5.75 Å². The number of thiocarbonyl (C=S) groups is 1. The van der Waals surface area contributed by atoms with E-state index in [9.17, 15) is 4.79 Å². The van der Waals surface area contributed by atoms with Gasteiger partial charge in [0.2, 0.25) is 0 Å². The van der Waals surface area contributed by atoms with Crippen LogP contribution in [0.4, 0.5) is 0 Å². The minimum Gasteiger partial charge on any atom is -0.494 e. The SMILES string of the molecule is CCN1C(=O)/C(=C\c2cn(CCCOc3ccc(C)cc3)c3ccccc23)NC1=S. The van der Waals surface area contributed by atoms with Gasteiger partial charge in [0.05, 0.1) is 6.61 Å². The summed E-state index contributed by atoms with van der Waals surface area (Å²) in [6.45, 7) is 6.02. The number of amides is 1. The maximum Gasteiger partial charge on any atom is 0.276 e. The molecular weight excluding hydrogens is 394 g/mol. The summed E-state index contributed by atoms with van der Waals surface area (Å²) in [5.41, 5.74) is 3.88. The molecule has 0 spiro atoms. The van der Waals surface area contributed by atoms with Gasteiger partial charge in [-0.1, -0.05) is 35.9 Å². The van der Waals surface area contributed by atoms with Crippen molar-refractivity contribution >= 4 is 40.2 Å². The van der Waals surface area contributed by atoms with Crippen LogP contribution in [0.5, 0.6) is 5.75 Å². The number of hydrogen-bond acceptors (Lipinski definition) is 3. The van der Waals surface area contributed by atoms with E-state index in [0.717, 1.165) is 35.2 Å². The van der Waals surface area contributed by atoms with Crippen LogP contribution in [0.15, 0.2) is 60.4 Å². The van der Waals surface area contributed by atoms with Gasteiger partial charge in [-0.05, 0) is 56.8 Å². The summed E-state index contributed by atoms with van der Waals surface area (Å²) in [7, 11) is 0. The Morgan fingerprint density at radius 2 is 1.90 bits per heavy atom. The van der Waals surface area contributed by atoms with E-state index in [4.69, 9.17) is 17.0 Å². The van der Waals surface area contributed by atoms with Crippen molar-refractivity contribution in [1.82, 2.24) is 14.8 Å². The lowest BCUT2D eigenvalue weighted by atomic mass is 10.1.